The Kier molecular flexibility index (Phi) is 5.43. The van der Waals surface area contributed by atoms with Gasteiger partial charge in [0.15, 0.2) is 5.17 Å². The molecule has 0 aromatic heterocycles. The number of rotatable bonds is 3. The SMILES string of the molecule is O=C(c1cc(Cl)ccc1Cl)N1CCN=C1SCc1ccc(F)cc1. The quantitative estimate of drug-likeness (QED) is 0.757. The summed E-state index contributed by atoms with van der Waals surface area (Å²) in [5.41, 5.74) is 1.32. The molecule has 7 heteroatoms. The zero-order valence-electron chi connectivity index (χ0n) is 12.5. The van der Waals surface area contributed by atoms with Gasteiger partial charge in [0.2, 0.25) is 0 Å². The van der Waals surface area contributed by atoms with Crippen LogP contribution in [0, 0.1) is 5.82 Å². The van der Waals surface area contributed by atoms with Crippen molar-refractivity contribution in [2.75, 3.05) is 13.1 Å². The lowest BCUT2D eigenvalue weighted by molar-refractivity contribution is 0.0861. The molecule has 0 radical (unpaired) electrons. The molecular weight excluding hydrogens is 370 g/mol. The highest BCUT2D eigenvalue weighted by Gasteiger charge is 2.26. The van der Waals surface area contributed by atoms with Gasteiger partial charge in [-0.3, -0.25) is 14.7 Å². The number of benzene rings is 2. The molecule has 2 aromatic carbocycles. The molecule has 24 heavy (non-hydrogen) atoms. The topological polar surface area (TPSA) is 32.7 Å². The van der Waals surface area contributed by atoms with Gasteiger partial charge in [0.25, 0.3) is 5.91 Å². The maximum Gasteiger partial charge on any atom is 0.261 e. The zero-order valence-corrected chi connectivity index (χ0v) is 14.8. The Morgan fingerprint density at radius 1 is 1.21 bits per heavy atom. The van der Waals surface area contributed by atoms with Crippen molar-refractivity contribution in [3.8, 4) is 0 Å². The highest BCUT2D eigenvalue weighted by molar-refractivity contribution is 8.13. The average molecular weight is 383 g/mol. The molecule has 0 fully saturated rings. The molecule has 0 bridgehead atoms. The summed E-state index contributed by atoms with van der Waals surface area (Å²) in [6.07, 6.45) is 0. The fraction of sp³-hybridized carbons (Fsp3) is 0.176. The van der Waals surface area contributed by atoms with Crippen LogP contribution in [0.15, 0.2) is 47.5 Å². The number of carbonyl (C=O) groups excluding carboxylic acids is 1. The van der Waals surface area contributed by atoms with Gasteiger partial charge in [-0.25, -0.2) is 4.39 Å². The molecule has 0 atom stereocenters. The first kappa shape index (κ1) is 17.3. The van der Waals surface area contributed by atoms with E-state index in [4.69, 9.17) is 23.2 Å². The van der Waals surface area contributed by atoms with Crippen molar-refractivity contribution in [3.63, 3.8) is 0 Å². The molecule has 1 aliphatic rings. The Hall–Kier alpha value is -1.56. The molecule has 1 aliphatic heterocycles. The molecule has 3 nitrogen and oxygen atoms in total. The predicted octanol–water partition coefficient (Wildman–Crippen LogP) is 4.88. The van der Waals surface area contributed by atoms with Crippen LogP contribution in [0.4, 0.5) is 4.39 Å². The molecule has 0 unspecified atom stereocenters. The number of hydrogen-bond acceptors (Lipinski definition) is 3. The third-order valence-electron chi connectivity index (χ3n) is 3.49. The number of nitrogens with zero attached hydrogens (tertiary/aromatic N) is 2. The van der Waals surface area contributed by atoms with Crippen molar-refractivity contribution in [2.24, 2.45) is 4.99 Å². The number of amidine groups is 1. The second-order valence-corrected chi connectivity index (χ2v) is 6.95. The van der Waals surface area contributed by atoms with Gasteiger partial charge in [-0.2, -0.15) is 0 Å². The van der Waals surface area contributed by atoms with Crippen LogP contribution in [0.25, 0.3) is 0 Å². The highest BCUT2D eigenvalue weighted by Crippen LogP contribution is 2.26. The third kappa shape index (κ3) is 3.91. The Labute approximate surface area is 153 Å². The number of carbonyl (C=O) groups is 1. The van der Waals surface area contributed by atoms with E-state index >= 15 is 0 Å². The van der Waals surface area contributed by atoms with Crippen LogP contribution in [-0.2, 0) is 5.75 Å². The fourth-order valence-corrected chi connectivity index (χ4v) is 3.65. The van der Waals surface area contributed by atoms with Crippen molar-refractivity contribution >= 4 is 46.0 Å². The van der Waals surface area contributed by atoms with Crippen molar-refractivity contribution in [1.82, 2.24) is 4.90 Å². The summed E-state index contributed by atoms with van der Waals surface area (Å²) in [5.74, 6) is 0.117. The molecule has 1 amide bonds. The van der Waals surface area contributed by atoms with E-state index in [2.05, 4.69) is 4.99 Å². The molecule has 0 spiro atoms. The second kappa shape index (κ2) is 7.55. The molecule has 124 valence electrons. The molecule has 0 saturated heterocycles. The van der Waals surface area contributed by atoms with Gasteiger partial charge < -0.3 is 0 Å². The largest absolute Gasteiger partial charge is 0.286 e. The Morgan fingerprint density at radius 2 is 1.96 bits per heavy atom. The van der Waals surface area contributed by atoms with Crippen LogP contribution in [0.3, 0.4) is 0 Å². The van der Waals surface area contributed by atoms with E-state index in [9.17, 15) is 9.18 Å². The lowest BCUT2D eigenvalue weighted by atomic mass is 10.2. The first-order chi connectivity index (χ1) is 11.5. The highest BCUT2D eigenvalue weighted by atomic mass is 35.5. The van der Waals surface area contributed by atoms with Crippen LogP contribution < -0.4 is 0 Å². The molecule has 3 rings (SSSR count). The predicted molar refractivity (Wildman–Crippen MR) is 97.5 cm³/mol. The van der Waals surface area contributed by atoms with E-state index < -0.39 is 0 Å². The molecule has 0 N–H and O–H groups in total. The average Bonchev–Trinajstić information content (AvgIpc) is 3.04. The zero-order chi connectivity index (χ0) is 17.1. The van der Waals surface area contributed by atoms with Gasteiger partial charge in [-0.15, -0.1) is 0 Å². The Bertz CT molecular complexity index is 796. The molecule has 0 aliphatic carbocycles. The number of thioether (sulfide) groups is 1. The molecular formula is C17H13Cl2FN2OS. The summed E-state index contributed by atoms with van der Waals surface area (Å²) in [5, 5.41) is 1.46. The summed E-state index contributed by atoms with van der Waals surface area (Å²) in [6, 6.07) is 11.1. The smallest absolute Gasteiger partial charge is 0.261 e. The van der Waals surface area contributed by atoms with Gasteiger partial charge in [-0.05, 0) is 35.9 Å². The number of halogens is 3. The third-order valence-corrected chi connectivity index (χ3v) is 5.14. The normalized spacial score (nSPS) is 14.0. The minimum Gasteiger partial charge on any atom is -0.286 e. The molecule has 1 heterocycles. The van der Waals surface area contributed by atoms with E-state index in [0.717, 1.165) is 5.56 Å². The van der Waals surface area contributed by atoms with E-state index in [1.807, 2.05) is 0 Å². The van der Waals surface area contributed by atoms with Crippen molar-refractivity contribution in [3.05, 3.63) is 69.5 Å². The summed E-state index contributed by atoms with van der Waals surface area (Å²) >= 11 is 13.5. The second-order valence-electron chi connectivity index (χ2n) is 5.16. The van der Waals surface area contributed by atoms with Crippen molar-refractivity contribution in [2.45, 2.75) is 5.75 Å². The van der Waals surface area contributed by atoms with Gasteiger partial charge in [-0.1, -0.05) is 47.1 Å². The lowest BCUT2D eigenvalue weighted by Gasteiger charge is -2.18. The summed E-state index contributed by atoms with van der Waals surface area (Å²) < 4.78 is 12.9. The van der Waals surface area contributed by atoms with Gasteiger partial charge in [0, 0.05) is 17.3 Å². The monoisotopic (exact) mass is 382 g/mol. The molecule has 0 saturated carbocycles. The van der Waals surface area contributed by atoms with Gasteiger partial charge in [0.1, 0.15) is 5.82 Å². The first-order valence-corrected chi connectivity index (χ1v) is 8.97. The fourth-order valence-electron chi connectivity index (χ4n) is 2.27. The number of aliphatic imine (C=N–C) groups is 1. The van der Waals surface area contributed by atoms with Crippen molar-refractivity contribution < 1.29 is 9.18 Å². The minimum absolute atomic E-state index is 0.217. The van der Waals surface area contributed by atoms with Gasteiger partial charge in [0.05, 0.1) is 17.1 Å². The maximum atomic E-state index is 12.9. The van der Waals surface area contributed by atoms with Crippen LogP contribution in [0.2, 0.25) is 10.0 Å². The van der Waals surface area contributed by atoms with Gasteiger partial charge >= 0.3 is 0 Å². The summed E-state index contributed by atoms with van der Waals surface area (Å²) in [4.78, 5) is 18.7. The minimum atomic E-state index is -0.269. The maximum absolute atomic E-state index is 12.9. The Balaban J connectivity index is 1.71. The molecule has 2 aromatic rings. The summed E-state index contributed by atoms with van der Waals surface area (Å²) in [7, 11) is 0. The van der Waals surface area contributed by atoms with E-state index in [-0.39, 0.29) is 11.7 Å². The first-order valence-electron chi connectivity index (χ1n) is 7.23. The van der Waals surface area contributed by atoms with Crippen LogP contribution in [0.1, 0.15) is 15.9 Å². The standard InChI is InChI=1S/C17H13Cl2FN2OS/c18-12-3-6-15(19)14(9-12)16(23)22-8-7-21-17(22)24-10-11-1-4-13(20)5-2-11/h1-6,9H,7-8,10H2. The van der Waals surface area contributed by atoms with Crippen LogP contribution in [0.5, 0.6) is 0 Å². The van der Waals surface area contributed by atoms with Crippen LogP contribution >= 0.6 is 35.0 Å². The summed E-state index contributed by atoms with van der Waals surface area (Å²) in [6.45, 7) is 1.06. The Morgan fingerprint density at radius 3 is 2.71 bits per heavy atom. The van der Waals surface area contributed by atoms with E-state index in [1.54, 1.807) is 35.2 Å². The number of hydrogen-bond donors (Lipinski definition) is 0. The van der Waals surface area contributed by atoms with Crippen molar-refractivity contribution in [1.29, 1.82) is 0 Å². The van der Waals surface area contributed by atoms with E-state index in [0.29, 0.717) is 39.6 Å². The van der Waals surface area contributed by atoms with Crippen LogP contribution in [-0.4, -0.2) is 29.1 Å². The van der Waals surface area contributed by atoms with E-state index in [1.165, 1.54) is 23.9 Å². The lowest BCUT2D eigenvalue weighted by Crippen LogP contribution is -2.33. The number of amides is 1.